The van der Waals surface area contributed by atoms with E-state index in [0.717, 1.165) is 0 Å². The first kappa shape index (κ1) is 14.7. The predicted octanol–water partition coefficient (Wildman–Crippen LogP) is 0.0319. The average molecular weight is 299 g/mol. The number of carboxylic acids is 1. The molecule has 1 saturated heterocycles. The van der Waals surface area contributed by atoms with Gasteiger partial charge in [-0.2, -0.15) is 0 Å². The van der Waals surface area contributed by atoms with Crippen LogP contribution in [0.4, 0.5) is 5.69 Å². The minimum Gasteiger partial charge on any atom is -0.480 e. The van der Waals surface area contributed by atoms with Crippen LogP contribution in [0.3, 0.4) is 0 Å². The Bertz CT molecular complexity index is 511. The van der Waals surface area contributed by atoms with Gasteiger partial charge >= 0.3 is 5.97 Å². The van der Waals surface area contributed by atoms with Crippen molar-refractivity contribution in [1.29, 1.82) is 0 Å². The zero-order valence-corrected chi connectivity index (χ0v) is 11.4. The Morgan fingerprint density at radius 3 is 3.10 bits per heavy atom. The summed E-state index contributed by atoms with van der Waals surface area (Å²) in [5.41, 5.74) is 0.418. The fourth-order valence-electron chi connectivity index (χ4n) is 2.03. The highest BCUT2D eigenvalue weighted by Crippen LogP contribution is 2.17. The Morgan fingerprint density at radius 2 is 2.40 bits per heavy atom. The number of carbonyl (C=O) groups excluding carboxylic acids is 1. The summed E-state index contributed by atoms with van der Waals surface area (Å²) in [6, 6.07) is 2.60. The van der Waals surface area contributed by atoms with Crippen LogP contribution in [0.1, 0.15) is 0 Å². The molecule has 3 N–H and O–H groups in total. The van der Waals surface area contributed by atoms with Gasteiger partial charge < -0.3 is 15.7 Å². The summed E-state index contributed by atoms with van der Waals surface area (Å²) in [4.78, 5) is 28.5. The number of nitrogens with zero attached hydrogens (tertiary/aromatic N) is 2. The third kappa shape index (κ3) is 3.66. The first-order valence-electron chi connectivity index (χ1n) is 6.16. The molecular weight excluding hydrogens is 284 g/mol. The Balaban J connectivity index is 1.96. The number of piperazine rings is 1. The minimum absolute atomic E-state index is 0.00384. The molecule has 1 aromatic heterocycles. The minimum atomic E-state index is -0.940. The number of amides is 1. The molecule has 108 valence electrons. The van der Waals surface area contributed by atoms with Gasteiger partial charge in [0.15, 0.2) is 5.15 Å². The molecule has 1 atom stereocenters. The lowest BCUT2D eigenvalue weighted by Gasteiger charge is -2.32. The molecule has 1 unspecified atom stereocenters. The SMILES string of the molecule is O=C(CN1CCNCC1C(=O)O)Nc1cccnc1Cl. The second kappa shape index (κ2) is 6.65. The van der Waals surface area contributed by atoms with Crippen molar-refractivity contribution in [1.82, 2.24) is 15.2 Å². The van der Waals surface area contributed by atoms with Crippen LogP contribution < -0.4 is 10.6 Å². The lowest BCUT2D eigenvalue weighted by Crippen LogP contribution is -2.56. The fourth-order valence-corrected chi connectivity index (χ4v) is 2.20. The molecule has 0 bridgehead atoms. The van der Waals surface area contributed by atoms with Crippen LogP contribution in [-0.2, 0) is 9.59 Å². The summed E-state index contributed by atoms with van der Waals surface area (Å²) in [6.45, 7) is 1.50. The first-order chi connectivity index (χ1) is 9.58. The molecule has 0 spiro atoms. The highest BCUT2D eigenvalue weighted by Gasteiger charge is 2.29. The third-order valence-electron chi connectivity index (χ3n) is 3.02. The van der Waals surface area contributed by atoms with Gasteiger partial charge in [0, 0.05) is 25.8 Å². The number of rotatable bonds is 4. The van der Waals surface area contributed by atoms with Crippen molar-refractivity contribution in [3.63, 3.8) is 0 Å². The van der Waals surface area contributed by atoms with Crippen molar-refractivity contribution in [2.45, 2.75) is 6.04 Å². The van der Waals surface area contributed by atoms with E-state index in [0.29, 0.717) is 25.3 Å². The Kier molecular flexibility index (Phi) is 4.89. The van der Waals surface area contributed by atoms with Crippen molar-refractivity contribution in [2.75, 3.05) is 31.5 Å². The molecule has 20 heavy (non-hydrogen) atoms. The lowest BCUT2D eigenvalue weighted by molar-refractivity contribution is -0.144. The second-order valence-electron chi connectivity index (χ2n) is 4.42. The first-order valence-corrected chi connectivity index (χ1v) is 6.53. The van der Waals surface area contributed by atoms with E-state index in [-0.39, 0.29) is 17.6 Å². The van der Waals surface area contributed by atoms with E-state index in [2.05, 4.69) is 15.6 Å². The molecule has 0 saturated carbocycles. The highest BCUT2D eigenvalue weighted by molar-refractivity contribution is 6.32. The van der Waals surface area contributed by atoms with Crippen molar-refractivity contribution in [3.05, 3.63) is 23.5 Å². The zero-order chi connectivity index (χ0) is 14.5. The molecule has 1 amide bonds. The van der Waals surface area contributed by atoms with Gasteiger partial charge in [0.05, 0.1) is 12.2 Å². The van der Waals surface area contributed by atoms with Gasteiger partial charge in [-0.15, -0.1) is 0 Å². The predicted molar refractivity (Wildman–Crippen MR) is 73.7 cm³/mol. The summed E-state index contributed by atoms with van der Waals surface area (Å²) in [6.07, 6.45) is 1.52. The van der Waals surface area contributed by atoms with Gasteiger partial charge in [-0.25, -0.2) is 4.98 Å². The molecule has 0 aromatic carbocycles. The molecule has 1 fully saturated rings. The monoisotopic (exact) mass is 298 g/mol. The van der Waals surface area contributed by atoms with E-state index in [1.165, 1.54) is 6.20 Å². The Labute approximate surface area is 120 Å². The molecule has 2 rings (SSSR count). The van der Waals surface area contributed by atoms with Crippen LogP contribution in [0.2, 0.25) is 5.15 Å². The standard InChI is InChI=1S/C12H15ClN4O3/c13-11-8(2-1-3-15-11)16-10(18)7-17-5-4-14-6-9(17)12(19)20/h1-3,9,14H,4-7H2,(H,16,18)(H,19,20). The fraction of sp³-hybridized carbons (Fsp3) is 0.417. The molecule has 2 heterocycles. The number of aromatic nitrogens is 1. The van der Waals surface area contributed by atoms with Crippen LogP contribution in [0, 0.1) is 0 Å². The molecule has 8 heteroatoms. The van der Waals surface area contributed by atoms with E-state index in [4.69, 9.17) is 16.7 Å². The van der Waals surface area contributed by atoms with Gasteiger partial charge in [-0.05, 0) is 12.1 Å². The van der Waals surface area contributed by atoms with Gasteiger partial charge in [0.25, 0.3) is 0 Å². The summed E-state index contributed by atoms with van der Waals surface area (Å²) >= 11 is 5.85. The molecular formula is C12H15ClN4O3. The van der Waals surface area contributed by atoms with E-state index in [9.17, 15) is 9.59 Å². The summed E-state index contributed by atoms with van der Waals surface area (Å²) in [5, 5.41) is 14.9. The second-order valence-corrected chi connectivity index (χ2v) is 4.78. The van der Waals surface area contributed by atoms with E-state index < -0.39 is 12.0 Å². The maximum Gasteiger partial charge on any atom is 0.322 e. The van der Waals surface area contributed by atoms with Gasteiger partial charge in [0.1, 0.15) is 6.04 Å². The van der Waals surface area contributed by atoms with E-state index in [1.54, 1.807) is 17.0 Å². The number of aliphatic carboxylic acids is 1. The normalized spacial score (nSPS) is 19.6. The average Bonchev–Trinajstić information content (AvgIpc) is 2.41. The van der Waals surface area contributed by atoms with Crippen molar-refractivity contribution < 1.29 is 14.7 Å². The maximum absolute atomic E-state index is 11.9. The number of pyridine rings is 1. The zero-order valence-electron chi connectivity index (χ0n) is 10.7. The number of hydrogen-bond donors (Lipinski definition) is 3. The largest absolute Gasteiger partial charge is 0.480 e. The van der Waals surface area contributed by atoms with Crippen molar-refractivity contribution in [3.8, 4) is 0 Å². The number of anilines is 1. The number of halogens is 1. The van der Waals surface area contributed by atoms with Crippen LogP contribution in [0.5, 0.6) is 0 Å². The molecule has 0 aliphatic carbocycles. The smallest absolute Gasteiger partial charge is 0.322 e. The van der Waals surface area contributed by atoms with Crippen molar-refractivity contribution >= 4 is 29.2 Å². The van der Waals surface area contributed by atoms with Crippen molar-refractivity contribution in [2.24, 2.45) is 0 Å². The highest BCUT2D eigenvalue weighted by atomic mass is 35.5. The molecule has 7 nitrogen and oxygen atoms in total. The number of nitrogens with one attached hydrogen (secondary N) is 2. The van der Waals surface area contributed by atoms with Gasteiger partial charge in [0.2, 0.25) is 5.91 Å². The summed E-state index contributed by atoms with van der Waals surface area (Å²) in [5.74, 6) is -1.25. The van der Waals surface area contributed by atoms with Gasteiger partial charge in [-0.1, -0.05) is 11.6 Å². The Hall–Kier alpha value is -1.70. The number of carboxylic acid groups (broad SMARTS) is 1. The quantitative estimate of drug-likeness (QED) is 0.679. The number of carbonyl (C=O) groups is 2. The third-order valence-corrected chi connectivity index (χ3v) is 3.32. The summed E-state index contributed by atoms with van der Waals surface area (Å²) < 4.78 is 0. The van der Waals surface area contributed by atoms with E-state index >= 15 is 0 Å². The molecule has 0 radical (unpaired) electrons. The van der Waals surface area contributed by atoms with Gasteiger partial charge in [-0.3, -0.25) is 14.5 Å². The maximum atomic E-state index is 11.9. The molecule has 1 aliphatic rings. The van der Waals surface area contributed by atoms with Crippen LogP contribution >= 0.6 is 11.6 Å². The van der Waals surface area contributed by atoms with Crippen LogP contribution in [-0.4, -0.2) is 59.1 Å². The van der Waals surface area contributed by atoms with E-state index in [1.807, 2.05) is 0 Å². The number of hydrogen-bond acceptors (Lipinski definition) is 5. The van der Waals surface area contributed by atoms with Crippen LogP contribution in [0.25, 0.3) is 0 Å². The Morgan fingerprint density at radius 1 is 1.60 bits per heavy atom. The summed E-state index contributed by atoms with van der Waals surface area (Å²) in [7, 11) is 0. The van der Waals surface area contributed by atoms with Crippen LogP contribution in [0.15, 0.2) is 18.3 Å². The molecule has 1 aliphatic heterocycles. The molecule has 1 aromatic rings. The topological polar surface area (TPSA) is 94.6 Å². The lowest BCUT2D eigenvalue weighted by atomic mass is 10.2.